The molecule has 0 aliphatic carbocycles. The number of piperidine rings is 1. The van der Waals surface area contributed by atoms with Gasteiger partial charge in [-0.05, 0) is 42.6 Å². The van der Waals surface area contributed by atoms with Gasteiger partial charge < -0.3 is 4.98 Å². The van der Waals surface area contributed by atoms with E-state index in [1.165, 1.54) is 11.1 Å². The molecule has 1 fully saturated rings. The highest BCUT2D eigenvalue weighted by atomic mass is 19.1. The van der Waals surface area contributed by atoms with Gasteiger partial charge in [-0.2, -0.15) is 0 Å². The summed E-state index contributed by atoms with van der Waals surface area (Å²) in [5, 5.41) is 0. The molecule has 2 nitrogen and oxygen atoms in total. The van der Waals surface area contributed by atoms with Crippen molar-refractivity contribution >= 4 is 0 Å². The first-order valence-electron chi connectivity index (χ1n) is 6.90. The fourth-order valence-electron chi connectivity index (χ4n) is 2.70. The largest absolute Gasteiger partial charge is 0.361 e. The van der Waals surface area contributed by atoms with E-state index in [4.69, 9.17) is 0 Å². The van der Waals surface area contributed by atoms with Gasteiger partial charge >= 0.3 is 0 Å². The molecule has 0 saturated carbocycles. The number of alkyl halides is 1. The van der Waals surface area contributed by atoms with Crippen LogP contribution in [-0.4, -0.2) is 29.1 Å². The standard InChI is InChI=1S/C16H19FN2/c17-15-3-2-10-19(12-15)11-13-5-7-14(8-6-13)16-4-1-9-18-16/h1,4-9,15,18H,2-3,10-12H2. The Bertz CT molecular complexity index is 504. The molecule has 0 radical (unpaired) electrons. The summed E-state index contributed by atoms with van der Waals surface area (Å²) in [4.78, 5) is 5.41. The minimum atomic E-state index is -0.646. The van der Waals surface area contributed by atoms with Crippen molar-refractivity contribution in [1.82, 2.24) is 9.88 Å². The molecule has 19 heavy (non-hydrogen) atoms. The summed E-state index contributed by atoms with van der Waals surface area (Å²) in [5.41, 5.74) is 3.58. The fourth-order valence-corrected chi connectivity index (χ4v) is 2.70. The highest BCUT2D eigenvalue weighted by Crippen LogP contribution is 2.20. The lowest BCUT2D eigenvalue weighted by atomic mass is 10.1. The van der Waals surface area contributed by atoms with Gasteiger partial charge in [0.2, 0.25) is 0 Å². The number of aromatic amines is 1. The highest BCUT2D eigenvalue weighted by Gasteiger charge is 2.18. The van der Waals surface area contributed by atoms with Crippen molar-refractivity contribution in [2.75, 3.05) is 13.1 Å². The number of H-pyrrole nitrogens is 1. The van der Waals surface area contributed by atoms with Crippen LogP contribution in [0, 0.1) is 0 Å². The summed E-state index contributed by atoms with van der Waals surface area (Å²) in [7, 11) is 0. The summed E-state index contributed by atoms with van der Waals surface area (Å²) in [6.45, 7) is 2.45. The monoisotopic (exact) mass is 258 g/mol. The first-order valence-corrected chi connectivity index (χ1v) is 6.90. The summed E-state index contributed by atoms with van der Waals surface area (Å²) < 4.78 is 13.3. The molecule has 0 spiro atoms. The Morgan fingerprint density at radius 3 is 2.74 bits per heavy atom. The van der Waals surface area contributed by atoms with E-state index in [1.54, 1.807) is 0 Å². The molecular weight excluding hydrogens is 239 g/mol. The molecule has 1 atom stereocenters. The molecule has 1 unspecified atom stereocenters. The predicted molar refractivity (Wildman–Crippen MR) is 75.6 cm³/mol. The molecule has 1 aliphatic heterocycles. The van der Waals surface area contributed by atoms with Gasteiger partial charge in [0.1, 0.15) is 6.17 Å². The molecule has 1 saturated heterocycles. The van der Waals surface area contributed by atoms with Crippen LogP contribution in [0.15, 0.2) is 42.6 Å². The van der Waals surface area contributed by atoms with Gasteiger partial charge in [-0.15, -0.1) is 0 Å². The second kappa shape index (κ2) is 5.57. The van der Waals surface area contributed by atoms with E-state index in [2.05, 4.69) is 40.2 Å². The molecule has 0 amide bonds. The van der Waals surface area contributed by atoms with Crippen LogP contribution in [0.5, 0.6) is 0 Å². The van der Waals surface area contributed by atoms with Crippen LogP contribution in [0.1, 0.15) is 18.4 Å². The normalized spacial score (nSPS) is 20.6. The van der Waals surface area contributed by atoms with Crippen LogP contribution in [0.4, 0.5) is 4.39 Å². The van der Waals surface area contributed by atoms with Crippen LogP contribution >= 0.6 is 0 Å². The predicted octanol–water partition coefficient (Wildman–Crippen LogP) is 3.62. The number of benzene rings is 1. The zero-order valence-corrected chi connectivity index (χ0v) is 11.0. The third-order valence-corrected chi connectivity index (χ3v) is 3.72. The Hall–Kier alpha value is -1.61. The Labute approximate surface area is 113 Å². The van der Waals surface area contributed by atoms with Crippen LogP contribution in [0.25, 0.3) is 11.3 Å². The lowest BCUT2D eigenvalue weighted by molar-refractivity contribution is 0.133. The topological polar surface area (TPSA) is 19.0 Å². The molecule has 1 N–H and O–H groups in total. The van der Waals surface area contributed by atoms with Crippen molar-refractivity contribution in [2.45, 2.75) is 25.6 Å². The van der Waals surface area contributed by atoms with E-state index < -0.39 is 6.17 Å². The molecule has 1 aliphatic rings. The quantitative estimate of drug-likeness (QED) is 0.891. The third kappa shape index (κ3) is 3.04. The van der Waals surface area contributed by atoms with Crippen molar-refractivity contribution < 1.29 is 4.39 Å². The number of halogens is 1. The zero-order valence-electron chi connectivity index (χ0n) is 11.0. The number of aromatic nitrogens is 1. The number of hydrogen-bond donors (Lipinski definition) is 1. The molecule has 1 aromatic heterocycles. The maximum Gasteiger partial charge on any atom is 0.113 e. The van der Waals surface area contributed by atoms with Gasteiger partial charge in [0, 0.05) is 25.0 Å². The van der Waals surface area contributed by atoms with Crippen molar-refractivity contribution in [3.8, 4) is 11.3 Å². The SMILES string of the molecule is FC1CCCN(Cc2ccc(-c3ccc[nH]3)cc2)C1. The van der Waals surface area contributed by atoms with Gasteiger partial charge in [0.05, 0.1) is 0 Å². The maximum absolute atomic E-state index is 13.3. The van der Waals surface area contributed by atoms with E-state index >= 15 is 0 Å². The Balaban J connectivity index is 1.66. The van der Waals surface area contributed by atoms with E-state index in [0.717, 1.165) is 31.6 Å². The molecule has 3 heteroatoms. The average Bonchev–Trinajstić information content (AvgIpc) is 2.94. The van der Waals surface area contributed by atoms with Crippen LogP contribution < -0.4 is 0 Å². The first kappa shape index (κ1) is 12.4. The number of nitrogens with one attached hydrogen (secondary N) is 1. The lowest BCUT2D eigenvalue weighted by Crippen LogP contribution is -2.35. The first-order chi connectivity index (χ1) is 9.31. The number of hydrogen-bond acceptors (Lipinski definition) is 1. The minimum Gasteiger partial charge on any atom is -0.361 e. The number of rotatable bonds is 3. The molecule has 1 aromatic carbocycles. The van der Waals surface area contributed by atoms with Gasteiger partial charge in [-0.1, -0.05) is 24.3 Å². The molecule has 0 bridgehead atoms. The van der Waals surface area contributed by atoms with E-state index in [-0.39, 0.29) is 0 Å². The summed E-state index contributed by atoms with van der Waals surface area (Å²) in [6.07, 6.45) is 2.98. The molecule has 2 heterocycles. The van der Waals surface area contributed by atoms with E-state index in [9.17, 15) is 4.39 Å². The zero-order chi connectivity index (χ0) is 13.1. The number of likely N-dealkylation sites (tertiary alicyclic amines) is 1. The summed E-state index contributed by atoms with van der Waals surface area (Å²) in [5.74, 6) is 0. The Morgan fingerprint density at radius 1 is 1.21 bits per heavy atom. The maximum atomic E-state index is 13.3. The van der Waals surface area contributed by atoms with Crippen molar-refractivity contribution in [2.24, 2.45) is 0 Å². The van der Waals surface area contributed by atoms with Gasteiger partial charge in [-0.3, -0.25) is 4.90 Å². The molecular formula is C16H19FN2. The van der Waals surface area contributed by atoms with E-state index in [0.29, 0.717) is 6.54 Å². The van der Waals surface area contributed by atoms with Crippen LogP contribution in [0.2, 0.25) is 0 Å². The smallest absolute Gasteiger partial charge is 0.113 e. The molecule has 100 valence electrons. The minimum absolute atomic E-state index is 0.582. The van der Waals surface area contributed by atoms with Crippen molar-refractivity contribution in [3.63, 3.8) is 0 Å². The van der Waals surface area contributed by atoms with Gasteiger partial charge in [0.15, 0.2) is 0 Å². The average molecular weight is 258 g/mol. The number of nitrogens with zero attached hydrogens (tertiary/aromatic N) is 1. The second-order valence-electron chi connectivity index (χ2n) is 5.26. The summed E-state index contributed by atoms with van der Waals surface area (Å²) >= 11 is 0. The van der Waals surface area contributed by atoms with Crippen molar-refractivity contribution in [1.29, 1.82) is 0 Å². The second-order valence-corrected chi connectivity index (χ2v) is 5.26. The molecule has 3 rings (SSSR count). The van der Waals surface area contributed by atoms with Crippen LogP contribution in [0.3, 0.4) is 0 Å². The van der Waals surface area contributed by atoms with Gasteiger partial charge in [-0.25, -0.2) is 4.39 Å². The van der Waals surface area contributed by atoms with E-state index in [1.807, 2.05) is 12.3 Å². The molecule has 2 aromatic rings. The lowest BCUT2D eigenvalue weighted by Gasteiger charge is -2.28. The fraction of sp³-hybridized carbons (Fsp3) is 0.375. The highest BCUT2D eigenvalue weighted by molar-refractivity contribution is 5.59. The summed E-state index contributed by atoms with van der Waals surface area (Å²) in [6, 6.07) is 12.6. The van der Waals surface area contributed by atoms with Crippen molar-refractivity contribution in [3.05, 3.63) is 48.2 Å². The Morgan fingerprint density at radius 2 is 2.05 bits per heavy atom. The third-order valence-electron chi connectivity index (χ3n) is 3.72. The van der Waals surface area contributed by atoms with Gasteiger partial charge in [0.25, 0.3) is 0 Å². The Kier molecular flexibility index (Phi) is 3.65. The van der Waals surface area contributed by atoms with Crippen LogP contribution in [-0.2, 0) is 6.54 Å².